The van der Waals surface area contributed by atoms with Crippen molar-refractivity contribution in [3.05, 3.63) is 231 Å². The second-order valence-corrected chi connectivity index (χ2v) is 14.1. The first-order chi connectivity index (χ1) is 27.8. The Hall–Kier alpha value is -7.42. The highest BCUT2D eigenvalue weighted by atomic mass is 15.1. The van der Waals surface area contributed by atoms with Crippen molar-refractivity contribution in [2.45, 2.75) is 0 Å². The third-order valence-corrected chi connectivity index (χ3v) is 10.8. The van der Waals surface area contributed by atoms with Crippen molar-refractivity contribution in [1.29, 1.82) is 0 Å². The van der Waals surface area contributed by atoms with Gasteiger partial charge < -0.3 is 9.47 Å². The SMILES string of the molecule is c1ccc(-c2ccc(N(c3ccc(-c4ccccc4-c4ccccc4)c(-c4ccccc4)c3)c3ccc4c5ccccc5n(-c5ccccc5)c4c3)cc2)cc1. The van der Waals surface area contributed by atoms with Crippen LogP contribution in [0.25, 0.3) is 72.0 Å². The van der Waals surface area contributed by atoms with Gasteiger partial charge in [0.25, 0.3) is 0 Å². The van der Waals surface area contributed by atoms with Crippen LogP contribution in [0.2, 0.25) is 0 Å². The van der Waals surface area contributed by atoms with Crippen LogP contribution < -0.4 is 4.90 Å². The Morgan fingerprint density at radius 1 is 0.268 bits per heavy atom. The smallest absolute Gasteiger partial charge is 0.0561 e. The number of aromatic nitrogens is 1. The van der Waals surface area contributed by atoms with E-state index in [1.807, 2.05) is 0 Å². The lowest BCUT2D eigenvalue weighted by molar-refractivity contribution is 1.18. The Bertz CT molecular complexity index is 2930. The molecule has 0 N–H and O–H groups in total. The first-order valence-corrected chi connectivity index (χ1v) is 19.2. The predicted octanol–water partition coefficient (Wildman–Crippen LogP) is 14.9. The zero-order valence-corrected chi connectivity index (χ0v) is 30.8. The predicted molar refractivity (Wildman–Crippen MR) is 237 cm³/mol. The van der Waals surface area contributed by atoms with Crippen molar-refractivity contribution in [3.8, 4) is 50.2 Å². The minimum absolute atomic E-state index is 1.08. The lowest BCUT2D eigenvalue weighted by Gasteiger charge is -2.27. The number of hydrogen-bond donors (Lipinski definition) is 0. The molecule has 264 valence electrons. The molecule has 1 heterocycles. The van der Waals surface area contributed by atoms with Crippen LogP contribution in [0.15, 0.2) is 231 Å². The number of rotatable bonds is 8. The van der Waals surface area contributed by atoms with E-state index >= 15 is 0 Å². The molecule has 0 aliphatic heterocycles. The molecule has 0 aliphatic rings. The molecule has 0 atom stereocenters. The Labute approximate surface area is 327 Å². The minimum Gasteiger partial charge on any atom is -0.310 e. The molecule has 10 aromatic rings. The lowest BCUT2D eigenvalue weighted by atomic mass is 9.89. The lowest BCUT2D eigenvalue weighted by Crippen LogP contribution is -2.10. The van der Waals surface area contributed by atoms with Crippen molar-refractivity contribution >= 4 is 38.9 Å². The Balaban J connectivity index is 1.20. The molecular formula is C54H38N2. The highest BCUT2D eigenvalue weighted by molar-refractivity contribution is 6.10. The van der Waals surface area contributed by atoms with E-state index in [1.54, 1.807) is 0 Å². The van der Waals surface area contributed by atoms with Crippen molar-refractivity contribution in [3.63, 3.8) is 0 Å². The number of fused-ring (bicyclic) bond motifs is 3. The van der Waals surface area contributed by atoms with E-state index in [0.29, 0.717) is 0 Å². The molecule has 0 unspecified atom stereocenters. The summed E-state index contributed by atoms with van der Waals surface area (Å²) in [5.41, 5.74) is 16.3. The second kappa shape index (κ2) is 14.4. The van der Waals surface area contributed by atoms with Gasteiger partial charge in [-0.25, -0.2) is 0 Å². The molecule has 0 spiro atoms. The number of para-hydroxylation sites is 2. The molecule has 10 rings (SSSR count). The highest BCUT2D eigenvalue weighted by Gasteiger charge is 2.20. The third-order valence-electron chi connectivity index (χ3n) is 10.8. The van der Waals surface area contributed by atoms with Gasteiger partial charge in [-0.2, -0.15) is 0 Å². The molecule has 0 fully saturated rings. The van der Waals surface area contributed by atoms with Crippen molar-refractivity contribution in [2.75, 3.05) is 4.90 Å². The zero-order chi connectivity index (χ0) is 37.3. The summed E-state index contributed by atoms with van der Waals surface area (Å²) >= 11 is 0. The van der Waals surface area contributed by atoms with Crippen LogP contribution in [-0.4, -0.2) is 4.57 Å². The van der Waals surface area contributed by atoms with Crippen molar-refractivity contribution in [1.82, 2.24) is 4.57 Å². The Morgan fingerprint density at radius 2 is 0.732 bits per heavy atom. The maximum Gasteiger partial charge on any atom is 0.0561 e. The summed E-state index contributed by atoms with van der Waals surface area (Å²) < 4.78 is 2.39. The molecular weight excluding hydrogens is 677 g/mol. The van der Waals surface area contributed by atoms with Crippen LogP contribution in [0.1, 0.15) is 0 Å². The van der Waals surface area contributed by atoms with Gasteiger partial charge >= 0.3 is 0 Å². The summed E-state index contributed by atoms with van der Waals surface area (Å²) in [7, 11) is 0. The molecule has 2 heteroatoms. The standard InChI is InChI=1S/C54H38N2/c1-5-17-39(18-6-1)40-29-31-44(32-30-40)55(46-34-36-51-50-27-15-16-28-53(50)56(54(51)38-46)43-23-11-4-12-24-43)45-33-35-49(52(37-45)42-21-9-3-10-22-42)48-26-14-13-25-47(48)41-19-7-2-8-20-41/h1-38H. The summed E-state index contributed by atoms with van der Waals surface area (Å²) in [5.74, 6) is 0. The van der Waals surface area contributed by atoms with Crippen molar-refractivity contribution < 1.29 is 0 Å². The second-order valence-electron chi connectivity index (χ2n) is 14.1. The largest absolute Gasteiger partial charge is 0.310 e. The molecule has 0 bridgehead atoms. The quantitative estimate of drug-likeness (QED) is 0.152. The van der Waals surface area contributed by atoms with Crippen LogP contribution in [0, 0.1) is 0 Å². The van der Waals surface area contributed by atoms with Crippen LogP contribution in [0.5, 0.6) is 0 Å². The number of hydrogen-bond acceptors (Lipinski definition) is 1. The van der Waals surface area contributed by atoms with Gasteiger partial charge in [0.1, 0.15) is 0 Å². The summed E-state index contributed by atoms with van der Waals surface area (Å²) in [4.78, 5) is 2.40. The molecule has 0 amide bonds. The summed E-state index contributed by atoms with van der Waals surface area (Å²) in [5, 5.41) is 2.47. The molecule has 0 saturated heterocycles. The molecule has 1 aromatic heterocycles. The highest BCUT2D eigenvalue weighted by Crippen LogP contribution is 2.44. The molecule has 56 heavy (non-hydrogen) atoms. The fraction of sp³-hybridized carbons (Fsp3) is 0. The summed E-state index contributed by atoms with van der Waals surface area (Å²) in [6.07, 6.45) is 0. The van der Waals surface area contributed by atoms with Crippen LogP contribution in [0.3, 0.4) is 0 Å². The molecule has 0 saturated carbocycles. The van der Waals surface area contributed by atoms with Gasteiger partial charge in [0, 0.05) is 33.5 Å². The van der Waals surface area contributed by atoms with E-state index in [2.05, 4.69) is 240 Å². The fourth-order valence-corrected chi connectivity index (χ4v) is 8.18. The average Bonchev–Trinajstić information content (AvgIpc) is 3.61. The van der Waals surface area contributed by atoms with E-state index in [4.69, 9.17) is 0 Å². The van der Waals surface area contributed by atoms with Gasteiger partial charge in [-0.1, -0.05) is 176 Å². The summed E-state index contributed by atoms with van der Waals surface area (Å²) in [6.45, 7) is 0. The van der Waals surface area contributed by atoms with E-state index in [0.717, 1.165) is 28.3 Å². The van der Waals surface area contributed by atoms with E-state index in [9.17, 15) is 0 Å². The van der Waals surface area contributed by atoms with Crippen molar-refractivity contribution in [2.24, 2.45) is 0 Å². The molecule has 2 nitrogen and oxygen atoms in total. The van der Waals surface area contributed by atoms with Gasteiger partial charge in [-0.05, 0) is 99.1 Å². The maximum atomic E-state index is 2.40. The topological polar surface area (TPSA) is 8.17 Å². The normalized spacial score (nSPS) is 11.2. The van der Waals surface area contributed by atoms with Gasteiger partial charge in [0.2, 0.25) is 0 Å². The van der Waals surface area contributed by atoms with Gasteiger partial charge in [-0.15, -0.1) is 0 Å². The summed E-state index contributed by atoms with van der Waals surface area (Å²) in [6, 6.07) is 83.1. The minimum atomic E-state index is 1.08. The molecule has 9 aromatic carbocycles. The molecule has 0 radical (unpaired) electrons. The zero-order valence-electron chi connectivity index (χ0n) is 30.8. The monoisotopic (exact) mass is 714 g/mol. The van der Waals surface area contributed by atoms with Gasteiger partial charge in [-0.3, -0.25) is 0 Å². The fourth-order valence-electron chi connectivity index (χ4n) is 8.18. The van der Waals surface area contributed by atoms with E-state index in [1.165, 1.54) is 60.8 Å². The first-order valence-electron chi connectivity index (χ1n) is 19.2. The van der Waals surface area contributed by atoms with Gasteiger partial charge in [0.15, 0.2) is 0 Å². The Kier molecular flexibility index (Phi) is 8.55. The average molecular weight is 715 g/mol. The number of nitrogens with zero attached hydrogens (tertiary/aromatic N) is 2. The van der Waals surface area contributed by atoms with Crippen LogP contribution in [0.4, 0.5) is 17.1 Å². The van der Waals surface area contributed by atoms with Crippen LogP contribution in [-0.2, 0) is 0 Å². The van der Waals surface area contributed by atoms with E-state index in [-0.39, 0.29) is 0 Å². The Morgan fingerprint density at radius 3 is 1.43 bits per heavy atom. The number of anilines is 3. The van der Waals surface area contributed by atoms with Crippen LogP contribution >= 0.6 is 0 Å². The first kappa shape index (κ1) is 33.2. The maximum absolute atomic E-state index is 2.40. The third kappa shape index (κ3) is 6.04. The number of benzene rings is 9. The van der Waals surface area contributed by atoms with E-state index < -0.39 is 0 Å². The molecule has 0 aliphatic carbocycles. The van der Waals surface area contributed by atoms with Gasteiger partial charge in [0.05, 0.1) is 11.0 Å².